The van der Waals surface area contributed by atoms with Crippen LogP contribution in [0.3, 0.4) is 0 Å². The maximum atomic E-state index is 6.04. The lowest BCUT2D eigenvalue weighted by Crippen LogP contribution is -2.10. The first-order chi connectivity index (χ1) is 16.7. The van der Waals surface area contributed by atoms with Crippen molar-refractivity contribution in [3.63, 3.8) is 0 Å². The monoisotopic (exact) mass is 458 g/mol. The molecule has 0 saturated carbocycles. The molecular formula is C28H30N2O4. The first-order valence-electron chi connectivity index (χ1n) is 11.4. The number of methoxy groups -OCH3 is 2. The van der Waals surface area contributed by atoms with Crippen LogP contribution in [0.15, 0.2) is 72.8 Å². The Labute approximate surface area is 200 Å². The van der Waals surface area contributed by atoms with Crippen molar-refractivity contribution in [2.45, 2.75) is 26.5 Å². The number of ether oxygens (including phenoxy) is 4. The normalized spacial score (nSPS) is 11.1. The number of nitrogens with zero attached hydrogens (tertiary/aromatic N) is 2. The fourth-order valence-corrected chi connectivity index (χ4v) is 3.81. The second-order valence-electron chi connectivity index (χ2n) is 7.74. The molecule has 0 N–H and O–H groups in total. The standard InChI is InChI=1S/C28H30N2O4/c1-4-8-21-11-16-26(27(19-21)32-3)33-18-7-17-30-25-10-6-5-9-24(25)29-28(30)20-34-23-14-12-22(31-2)13-15-23/h4-6,8-16,19H,7,17-18,20H2,1-3H3/b8-4+. The van der Waals surface area contributed by atoms with Crippen LogP contribution in [0.2, 0.25) is 0 Å². The summed E-state index contributed by atoms with van der Waals surface area (Å²) in [7, 11) is 3.31. The fraction of sp³-hybridized carbons (Fsp3) is 0.250. The minimum atomic E-state index is 0.377. The van der Waals surface area contributed by atoms with Gasteiger partial charge in [0.15, 0.2) is 11.5 Å². The van der Waals surface area contributed by atoms with Gasteiger partial charge in [-0.3, -0.25) is 0 Å². The Bertz CT molecular complexity index is 1250. The molecule has 0 aliphatic rings. The molecule has 6 heteroatoms. The van der Waals surface area contributed by atoms with Gasteiger partial charge in [-0.05, 0) is 67.4 Å². The number of imidazole rings is 1. The number of hydrogen-bond acceptors (Lipinski definition) is 5. The van der Waals surface area contributed by atoms with Gasteiger partial charge in [0.2, 0.25) is 0 Å². The molecule has 34 heavy (non-hydrogen) atoms. The van der Waals surface area contributed by atoms with Gasteiger partial charge in [-0.2, -0.15) is 0 Å². The van der Waals surface area contributed by atoms with Crippen LogP contribution in [0.25, 0.3) is 17.1 Å². The zero-order chi connectivity index (χ0) is 23.8. The number of para-hydroxylation sites is 2. The largest absolute Gasteiger partial charge is 0.497 e. The lowest BCUT2D eigenvalue weighted by Gasteiger charge is -2.13. The molecule has 0 aliphatic heterocycles. The molecule has 0 radical (unpaired) electrons. The number of benzene rings is 3. The number of aromatic nitrogens is 2. The number of aryl methyl sites for hydroxylation is 1. The Morgan fingerprint density at radius 2 is 1.65 bits per heavy atom. The second kappa shape index (κ2) is 11.3. The van der Waals surface area contributed by atoms with Crippen LogP contribution in [-0.4, -0.2) is 30.4 Å². The van der Waals surface area contributed by atoms with E-state index in [0.717, 1.165) is 58.4 Å². The van der Waals surface area contributed by atoms with E-state index in [1.807, 2.05) is 79.7 Å². The van der Waals surface area contributed by atoms with Crippen molar-refractivity contribution < 1.29 is 18.9 Å². The fourth-order valence-electron chi connectivity index (χ4n) is 3.81. The zero-order valence-electron chi connectivity index (χ0n) is 19.9. The molecule has 1 aromatic heterocycles. The third-order valence-corrected chi connectivity index (χ3v) is 5.49. The van der Waals surface area contributed by atoms with Gasteiger partial charge >= 0.3 is 0 Å². The molecule has 1 heterocycles. The van der Waals surface area contributed by atoms with Crippen LogP contribution in [0.4, 0.5) is 0 Å². The minimum Gasteiger partial charge on any atom is -0.497 e. The van der Waals surface area contributed by atoms with E-state index in [4.69, 9.17) is 23.9 Å². The highest BCUT2D eigenvalue weighted by Crippen LogP contribution is 2.29. The number of rotatable bonds is 11. The first-order valence-corrected chi connectivity index (χ1v) is 11.4. The number of hydrogen-bond donors (Lipinski definition) is 0. The van der Waals surface area contributed by atoms with Crippen molar-refractivity contribution in [2.24, 2.45) is 0 Å². The maximum Gasteiger partial charge on any atom is 0.161 e. The Morgan fingerprint density at radius 1 is 0.853 bits per heavy atom. The lowest BCUT2D eigenvalue weighted by atomic mass is 10.2. The molecule has 0 aliphatic carbocycles. The summed E-state index contributed by atoms with van der Waals surface area (Å²) in [6, 6.07) is 21.7. The number of fused-ring (bicyclic) bond motifs is 1. The summed E-state index contributed by atoms with van der Waals surface area (Å²) in [6.45, 7) is 3.69. The van der Waals surface area contributed by atoms with Gasteiger partial charge < -0.3 is 23.5 Å². The SMILES string of the molecule is C/C=C/c1ccc(OCCCn2c(COc3ccc(OC)cc3)nc3ccccc32)c(OC)c1. The highest BCUT2D eigenvalue weighted by molar-refractivity contribution is 5.75. The Hall–Kier alpha value is -3.93. The van der Waals surface area contributed by atoms with Gasteiger partial charge in [0.1, 0.15) is 23.9 Å². The molecule has 0 unspecified atom stereocenters. The van der Waals surface area contributed by atoms with Crippen molar-refractivity contribution in [3.8, 4) is 23.0 Å². The molecule has 0 saturated heterocycles. The first kappa shape index (κ1) is 23.2. The van der Waals surface area contributed by atoms with Crippen LogP contribution in [0, 0.1) is 0 Å². The molecule has 0 atom stereocenters. The van der Waals surface area contributed by atoms with Gasteiger partial charge in [0, 0.05) is 6.54 Å². The molecule has 3 aromatic carbocycles. The van der Waals surface area contributed by atoms with Crippen LogP contribution >= 0.6 is 0 Å². The van der Waals surface area contributed by atoms with E-state index in [2.05, 4.69) is 10.6 Å². The molecule has 6 nitrogen and oxygen atoms in total. The average molecular weight is 459 g/mol. The molecule has 176 valence electrons. The van der Waals surface area contributed by atoms with E-state index in [0.29, 0.717) is 13.2 Å². The summed E-state index contributed by atoms with van der Waals surface area (Å²) < 4.78 is 25.0. The summed E-state index contributed by atoms with van der Waals surface area (Å²) in [5.74, 6) is 3.93. The van der Waals surface area contributed by atoms with Crippen molar-refractivity contribution in [3.05, 3.63) is 84.2 Å². The lowest BCUT2D eigenvalue weighted by molar-refractivity contribution is 0.273. The molecule has 0 fully saturated rings. The molecule has 0 amide bonds. The third kappa shape index (κ3) is 5.52. The molecule has 0 bridgehead atoms. The molecular weight excluding hydrogens is 428 g/mol. The third-order valence-electron chi connectivity index (χ3n) is 5.49. The van der Waals surface area contributed by atoms with Gasteiger partial charge in [0.05, 0.1) is 31.9 Å². The summed E-state index contributed by atoms with van der Waals surface area (Å²) in [6.07, 6.45) is 4.85. The highest BCUT2D eigenvalue weighted by atomic mass is 16.5. The van der Waals surface area contributed by atoms with E-state index >= 15 is 0 Å². The van der Waals surface area contributed by atoms with Gasteiger partial charge in [0.25, 0.3) is 0 Å². The van der Waals surface area contributed by atoms with Crippen molar-refractivity contribution in [1.29, 1.82) is 0 Å². The van der Waals surface area contributed by atoms with Gasteiger partial charge in [-0.25, -0.2) is 4.98 Å². The molecule has 4 rings (SSSR count). The van der Waals surface area contributed by atoms with Crippen LogP contribution < -0.4 is 18.9 Å². The quantitative estimate of drug-likeness (QED) is 0.253. The van der Waals surface area contributed by atoms with Crippen LogP contribution in [0.5, 0.6) is 23.0 Å². The second-order valence-corrected chi connectivity index (χ2v) is 7.74. The predicted molar refractivity (Wildman–Crippen MR) is 135 cm³/mol. The van der Waals surface area contributed by atoms with E-state index in [1.54, 1.807) is 14.2 Å². The van der Waals surface area contributed by atoms with Crippen molar-refractivity contribution >= 4 is 17.1 Å². The molecule has 4 aromatic rings. The Kier molecular flexibility index (Phi) is 7.71. The average Bonchev–Trinajstić information content (AvgIpc) is 3.23. The van der Waals surface area contributed by atoms with Gasteiger partial charge in [-0.15, -0.1) is 0 Å². The van der Waals surface area contributed by atoms with E-state index in [-0.39, 0.29) is 0 Å². The summed E-state index contributed by atoms with van der Waals surface area (Å²) in [5.41, 5.74) is 3.13. The van der Waals surface area contributed by atoms with E-state index in [1.165, 1.54) is 0 Å². The van der Waals surface area contributed by atoms with Crippen LogP contribution in [-0.2, 0) is 13.2 Å². The molecule has 0 spiro atoms. The van der Waals surface area contributed by atoms with Gasteiger partial charge in [-0.1, -0.05) is 30.4 Å². The summed E-state index contributed by atoms with van der Waals surface area (Å²) >= 11 is 0. The predicted octanol–water partition coefficient (Wildman–Crippen LogP) is 6.13. The van der Waals surface area contributed by atoms with Crippen molar-refractivity contribution in [1.82, 2.24) is 9.55 Å². The number of allylic oxidation sites excluding steroid dienone is 1. The Morgan fingerprint density at radius 3 is 2.41 bits per heavy atom. The maximum absolute atomic E-state index is 6.04. The smallest absolute Gasteiger partial charge is 0.161 e. The zero-order valence-corrected chi connectivity index (χ0v) is 19.9. The van der Waals surface area contributed by atoms with Crippen LogP contribution in [0.1, 0.15) is 24.7 Å². The summed E-state index contributed by atoms with van der Waals surface area (Å²) in [5, 5.41) is 0. The van der Waals surface area contributed by atoms with E-state index < -0.39 is 0 Å². The Balaban J connectivity index is 1.42. The van der Waals surface area contributed by atoms with E-state index in [9.17, 15) is 0 Å². The van der Waals surface area contributed by atoms with Crippen molar-refractivity contribution in [2.75, 3.05) is 20.8 Å². The minimum absolute atomic E-state index is 0.377. The highest BCUT2D eigenvalue weighted by Gasteiger charge is 2.12. The summed E-state index contributed by atoms with van der Waals surface area (Å²) in [4.78, 5) is 4.80. The topological polar surface area (TPSA) is 54.7 Å².